The molecule has 1 aromatic rings. The van der Waals surface area contributed by atoms with Gasteiger partial charge in [-0.25, -0.2) is 20.0 Å². The van der Waals surface area contributed by atoms with Crippen molar-refractivity contribution in [2.75, 3.05) is 33.7 Å². The normalized spacial score (nSPS) is 9.41. The van der Waals surface area contributed by atoms with Crippen molar-refractivity contribution in [3.8, 4) is 0 Å². The SMILES string of the molecule is CN(C)C(ONc1ncccc1N=N)=[N+](C)C. The smallest absolute Gasteiger partial charge is 0.304 e. The lowest BCUT2D eigenvalue weighted by molar-refractivity contribution is -0.480. The minimum Gasteiger partial charge on any atom is -0.304 e. The molecule has 0 aliphatic carbocycles. The summed E-state index contributed by atoms with van der Waals surface area (Å²) in [5.74, 6) is 0.406. The van der Waals surface area contributed by atoms with Gasteiger partial charge in [-0.2, -0.15) is 10.6 Å². The molecule has 0 fully saturated rings. The van der Waals surface area contributed by atoms with Crippen molar-refractivity contribution in [3.63, 3.8) is 0 Å². The van der Waals surface area contributed by atoms with Gasteiger partial charge >= 0.3 is 6.02 Å². The lowest BCUT2D eigenvalue weighted by Crippen LogP contribution is -2.33. The lowest BCUT2D eigenvalue weighted by Gasteiger charge is -2.12. The van der Waals surface area contributed by atoms with E-state index in [-0.39, 0.29) is 0 Å². The molecule has 0 aromatic carbocycles. The van der Waals surface area contributed by atoms with Crippen molar-refractivity contribution in [1.82, 2.24) is 9.88 Å². The number of aromatic nitrogens is 1. The summed E-state index contributed by atoms with van der Waals surface area (Å²) in [6.45, 7) is 0. The van der Waals surface area contributed by atoms with Crippen LogP contribution in [0.2, 0.25) is 0 Å². The molecule has 1 heterocycles. The van der Waals surface area contributed by atoms with Crippen molar-refractivity contribution in [2.24, 2.45) is 5.11 Å². The number of nitrogens with zero attached hydrogens (tertiary/aromatic N) is 4. The molecule has 0 bridgehead atoms. The molecule has 0 saturated heterocycles. The summed E-state index contributed by atoms with van der Waals surface area (Å²) in [5, 5.41) is 3.35. The Balaban J connectivity index is 2.80. The van der Waals surface area contributed by atoms with Gasteiger partial charge < -0.3 is 4.84 Å². The Labute approximate surface area is 100 Å². The van der Waals surface area contributed by atoms with Crippen LogP contribution in [0.25, 0.3) is 0 Å². The van der Waals surface area contributed by atoms with Crippen molar-refractivity contribution in [2.45, 2.75) is 0 Å². The monoisotopic (exact) mass is 237 g/mol. The molecule has 0 unspecified atom stereocenters. The molecule has 7 nitrogen and oxygen atoms in total. The first-order valence-corrected chi connectivity index (χ1v) is 5.03. The number of rotatable bonds is 3. The standard InChI is InChI=1S/C10H17N6O/c1-15(2)10(16(3)4)17-14-9-8(13-11)6-5-7-12-9/h5-7,11H,1-4H3,(H,12,14)/q+1. The number of amidine groups is 1. The van der Waals surface area contributed by atoms with Crippen molar-refractivity contribution < 1.29 is 9.41 Å². The fourth-order valence-corrected chi connectivity index (χ4v) is 1.24. The van der Waals surface area contributed by atoms with Gasteiger partial charge in [0.25, 0.3) is 0 Å². The highest BCUT2D eigenvalue weighted by molar-refractivity contribution is 5.69. The highest BCUT2D eigenvalue weighted by Crippen LogP contribution is 2.20. The molecule has 1 aromatic heterocycles. The maximum absolute atomic E-state index is 7.00. The fraction of sp³-hybridized carbons (Fsp3) is 0.400. The van der Waals surface area contributed by atoms with Crippen LogP contribution in [0.1, 0.15) is 0 Å². The quantitative estimate of drug-likeness (QED) is 0.273. The van der Waals surface area contributed by atoms with E-state index in [1.165, 1.54) is 0 Å². The maximum atomic E-state index is 7.00. The van der Waals surface area contributed by atoms with Gasteiger partial charge in [-0.3, -0.25) is 0 Å². The maximum Gasteiger partial charge on any atom is 0.470 e. The van der Waals surface area contributed by atoms with Crippen LogP contribution in [0.4, 0.5) is 11.5 Å². The Hall–Kier alpha value is -2.18. The summed E-state index contributed by atoms with van der Waals surface area (Å²) in [5.41, 5.74) is 10.1. The van der Waals surface area contributed by atoms with E-state index >= 15 is 0 Å². The summed E-state index contributed by atoms with van der Waals surface area (Å²) < 4.78 is 1.81. The molecule has 0 saturated carbocycles. The Morgan fingerprint density at radius 1 is 1.53 bits per heavy atom. The molecule has 0 aliphatic rings. The van der Waals surface area contributed by atoms with Crippen LogP contribution in [0.3, 0.4) is 0 Å². The third kappa shape index (κ3) is 3.40. The van der Waals surface area contributed by atoms with Gasteiger partial charge in [-0.1, -0.05) is 0 Å². The molecule has 17 heavy (non-hydrogen) atoms. The summed E-state index contributed by atoms with van der Waals surface area (Å²) >= 11 is 0. The van der Waals surface area contributed by atoms with E-state index in [1.807, 2.05) is 37.7 Å². The molecule has 0 radical (unpaired) electrons. The van der Waals surface area contributed by atoms with Gasteiger partial charge in [0.1, 0.15) is 5.69 Å². The molecule has 0 spiro atoms. The second kappa shape index (κ2) is 5.78. The van der Waals surface area contributed by atoms with Crippen LogP contribution >= 0.6 is 0 Å². The Morgan fingerprint density at radius 2 is 2.24 bits per heavy atom. The van der Waals surface area contributed by atoms with Crippen LogP contribution in [0, 0.1) is 5.53 Å². The Bertz CT molecular complexity index is 425. The molecule has 0 atom stereocenters. The van der Waals surface area contributed by atoms with E-state index < -0.39 is 0 Å². The summed E-state index contributed by atoms with van der Waals surface area (Å²) in [4.78, 5) is 11.3. The first-order chi connectivity index (χ1) is 8.06. The van der Waals surface area contributed by atoms with Crippen molar-refractivity contribution in [1.29, 1.82) is 5.53 Å². The van der Waals surface area contributed by atoms with Gasteiger partial charge in [0.2, 0.25) is 0 Å². The fourth-order valence-electron chi connectivity index (χ4n) is 1.24. The van der Waals surface area contributed by atoms with Crippen molar-refractivity contribution >= 4 is 17.5 Å². The second-order valence-corrected chi connectivity index (χ2v) is 3.76. The Morgan fingerprint density at radius 3 is 2.76 bits per heavy atom. The van der Waals surface area contributed by atoms with Crippen LogP contribution in [-0.2, 0) is 4.84 Å². The Kier molecular flexibility index (Phi) is 4.38. The zero-order valence-corrected chi connectivity index (χ0v) is 10.4. The van der Waals surface area contributed by atoms with E-state index in [4.69, 9.17) is 10.4 Å². The number of nitrogens with one attached hydrogen (secondary N) is 2. The molecular weight excluding hydrogens is 220 g/mol. The van der Waals surface area contributed by atoms with Crippen LogP contribution in [0.15, 0.2) is 23.4 Å². The van der Waals surface area contributed by atoms with Gasteiger partial charge in [0.05, 0.1) is 28.2 Å². The largest absolute Gasteiger partial charge is 0.470 e. The van der Waals surface area contributed by atoms with Crippen LogP contribution in [-0.4, -0.2) is 48.7 Å². The van der Waals surface area contributed by atoms with E-state index in [1.54, 1.807) is 18.3 Å². The average molecular weight is 237 g/mol. The number of anilines is 1. The lowest BCUT2D eigenvalue weighted by atomic mass is 10.4. The third-order valence-corrected chi connectivity index (χ3v) is 1.91. The molecule has 2 N–H and O–H groups in total. The highest BCUT2D eigenvalue weighted by atomic mass is 16.7. The molecule has 92 valence electrons. The average Bonchev–Trinajstić information content (AvgIpc) is 2.29. The first-order valence-electron chi connectivity index (χ1n) is 5.03. The number of hydrogen-bond donors (Lipinski definition) is 2. The molecule has 0 amide bonds. The third-order valence-electron chi connectivity index (χ3n) is 1.91. The van der Waals surface area contributed by atoms with E-state index in [9.17, 15) is 0 Å². The minimum atomic E-state index is 0.406. The zero-order chi connectivity index (χ0) is 12.8. The number of pyridine rings is 1. The molecule has 1 rings (SSSR count). The van der Waals surface area contributed by atoms with Crippen LogP contribution < -0.4 is 5.48 Å². The number of hydrogen-bond acceptors (Lipinski definition) is 5. The van der Waals surface area contributed by atoms with E-state index in [0.717, 1.165) is 0 Å². The summed E-state index contributed by atoms with van der Waals surface area (Å²) in [6.07, 6.45) is 1.60. The first kappa shape index (κ1) is 12.9. The second-order valence-electron chi connectivity index (χ2n) is 3.76. The topological polar surface area (TPSA) is 76.6 Å². The van der Waals surface area contributed by atoms with Crippen LogP contribution in [0.5, 0.6) is 0 Å². The molecular formula is C10H17N6O+. The van der Waals surface area contributed by atoms with Gasteiger partial charge in [0.15, 0.2) is 5.82 Å². The summed E-state index contributed by atoms with van der Waals surface area (Å²) in [7, 11) is 7.47. The van der Waals surface area contributed by atoms with Gasteiger partial charge in [0, 0.05) is 6.20 Å². The summed E-state index contributed by atoms with van der Waals surface area (Å²) in [6, 6.07) is 4.00. The zero-order valence-electron chi connectivity index (χ0n) is 10.4. The van der Waals surface area contributed by atoms with Gasteiger partial charge in [-0.05, 0) is 12.1 Å². The predicted molar refractivity (Wildman–Crippen MR) is 64.6 cm³/mol. The molecule has 0 aliphatic heterocycles. The van der Waals surface area contributed by atoms with Gasteiger partial charge in [-0.15, -0.1) is 0 Å². The molecule has 7 heteroatoms. The predicted octanol–water partition coefficient (Wildman–Crippen LogP) is 1.28. The highest BCUT2D eigenvalue weighted by Gasteiger charge is 2.14. The van der Waals surface area contributed by atoms with E-state index in [0.29, 0.717) is 17.5 Å². The minimum absolute atomic E-state index is 0.406. The van der Waals surface area contributed by atoms with E-state index in [2.05, 4.69) is 15.6 Å². The van der Waals surface area contributed by atoms with Crippen molar-refractivity contribution in [3.05, 3.63) is 18.3 Å².